The Morgan fingerprint density at radius 2 is 2.12 bits per heavy atom. The first-order chi connectivity index (χ1) is 3.91. The van der Waals surface area contributed by atoms with Crippen molar-refractivity contribution in [3.05, 3.63) is 12.7 Å². The van der Waals surface area contributed by atoms with Crippen LogP contribution in [-0.4, -0.2) is 18.5 Å². The highest BCUT2D eigenvalue weighted by molar-refractivity contribution is 7.18. The summed E-state index contributed by atoms with van der Waals surface area (Å²) in [4.78, 5) is 7.31. The number of hydrogen-bond donors (Lipinski definition) is 0. The second-order valence-electron chi connectivity index (χ2n) is 0.927. The molecule has 8 heavy (non-hydrogen) atoms. The minimum absolute atomic E-state index is 1.41. The van der Waals surface area contributed by atoms with E-state index >= 15 is 0 Å². The van der Waals surface area contributed by atoms with Gasteiger partial charge in [-0.2, -0.15) is 0 Å². The van der Waals surface area contributed by atoms with Gasteiger partial charge in [0.05, 0.1) is 0 Å². The zero-order chi connectivity index (χ0) is 6.24. The summed E-state index contributed by atoms with van der Waals surface area (Å²) in [6, 6.07) is 0. The maximum atomic E-state index is 3.68. The third-order valence-corrected chi connectivity index (χ3v) is 0.548. The van der Waals surface area contributed by atoms with Gasteiger partial charge in [-0.1, -0.05) is 12.7 Å². The van der Waals surface area contributed by atoms with Crippen molar-refractivity contribution in [3.8, 4) is 0 Å². The molecule has 0 amide bonds. The average molecular weight is 126 g/mol. The van der Waals surface area contributed by atoms with Crippen molar-refractivity contribution in [2.24, 2.45) is 9.98 Å². The number of aliphatic imine (C=N–C) groups is 2. The van der Waals surface area contributed by atoms with E-state index < -0.39 is 0 Å². The van der Waals surface area contributed by atoms with Crippen LogP contribution in [0.4, 0.5) is 0 Å². The summed E-state index contributed by atoms with van der Waals surface area (Å²) in [6.45, 7) is 3.42. The first-order valence-electron chi connectivity index (χ1n) is 2.06. The smallest absolute Gasteiger partial charge is 0.115 e. The molecule has 2 nitrogen and oxygen atoms in total. The van der Waals surface area contributed by atoms with Crippen LogP contribution in [0.3, 0.4) is 0 Å². The number of rotatable bonds is 3. The van der Waals surface area contributed by atoms with E-state index in [0.717, 1.165) is 0 Å². The fourth-order valence-electron chi connectivity index (χ4n) is 0.171. The Morgan fingerprint density at radius 3 is 2.62 bits per heavy atom. The normalized spacial score (nSPS) is 10.5. The minimum Gasteiger partial charge on any atom is -0.245 e. The van der Waals surface area contributed by atoms with Crippen LogP contribution >= 0.6 is 8.86 Å². The summed E-state index contributed by atoms with van der Waals surface area (Å²) in [7, 11) is 3.02. The monoisotopic (exact) mass is 126 g/mol. The molecule has 0 aliphatic carbocycles. The van der Waals surface area contributed by atoms with E-state index in [1.807, 2.05) is 0 Å². The van der Waals surface area contributed by atoms with Gasteiger partial charge in [-0.05, 0) is 0 Å². The van der Waals surface area contributed by atoms with E-state index in [2.05, 4.69) is 25.4 Å². The van der Waals surface area contributed by atoms with E-state index in [0.29, 0.717) is 0 Å². The molecule has 0 aromatic rings. The molecule has 0 atom stereocenters. The van der Waals surface area contributed by atoms with E-state index in [9.17, 15) is 0 Å². The Kier molecular flexibility index (Phi) is 5.66. The molecule has 0 heterocycles. The number of hydrogen-bond acceptors (Lipinski definition) is 0. The van der Waals surface area contributed by atoms with Crippen LogP contribution in [0.25, 0.3) is 0 Å². The second kappa shape index (κ2) is 6.25. The lowest BCUT2D eigenvalue weighted by molar-refractivity contribution is 1.73. The molecule has 0 spiro atoms. The maximum Gasteiger partial charge on any atom is 0.115 e. The lowest BCUT2D eigenvalue weighted by Gasteiger charge is -1.68. The van der Waals surface area contributed by atoms with Gasteiger partial charge < -0.3 is 0 Å². The minimum atomic E-state index is 1.41. The third kappa shape index (κ3) is 5.25. The van der Waals surface area contributed by atoms with Crippen LogP contribution in [0.2, 0.25) is 0 Å². The van der Waals surface area contributed by atoms with Gasteiger partial charge in [0.15, 0.2) is 0 Å². The molecule has 0 unspecified atom stereocenters. The summed E-state index contributed by atoms with van der Waals surface area (Å²) < 4.78 is 0. The van der Waals surface area contributed by atoms with Gasteiger partial charge in [-0.15, -0.1) is 8.86 Å². The van der Waals surface area contributed by atoms with Crippen LogP contribution in [0.1, 0.15) is 0 Å². The topological polar surface area (TPSA) is 24.7 Å². The maximum absolute atomic E-state index is 3.68. The Bertz CT molecular complexity index is 110. The zero-order valence-corrected chi connectivity index (χ0v) is 5.41. The average Bonchev–Trinajstić information content (AvgIpc) is 1.81. The molecular weight excluding hydrogens is 119 g/mol. The lowest BCUT2D eigenvalue weighted by Crippen LogP contribution is -1.65. The van der Waals surface area contributed by atoms with Crippen molar-refractivity contribution >= 4 is 27.3 Å². The van der Waals surface area contributed by atoms with Crippen LogP contribution in [0, 0.1) is 0 Å². The molecule has 0 aromatic carbocycles. The summed E-state index contributed by atoms with van der Waals surface area (Å²) in [5.74, 6) is 1.47. The van der Waals surface area contributed by atoms with Crippen LogP contribution in [0.15, 0.2) is 22.6 Å². The zero-order valence-electron chi connectivity index (χ0n) is 4.41. The highest BCUT2D eigenvalue weighted by Crippen LogP contribution is 1.62. The van der Waals surface area contributed by atoms with Gasteiger partial charge in [-0.25, -0.2) is 9.98 Å². The van der Waals surface area contributed by atoms with Crippen molar-refractivity contribution < 1.29 is 0 Å². The molecule has 0 radical (unpaired) electrons. The predicted molar refractivity (Wildman–Crippen MR) is 41.6 cm³/mol. The summed E-state index contributed by atoms with van der Waals surface area (Å²) in [6.07, 6.45) is 4.55. The van der Waals surface area contributed by atoms with Gasteiger partial charge in [0.2, 0.25) is 0 Å². The molecule has 0 aliphatic heterocycles. The Balaban J connectivity index is 3.41. The molecule has 0 saturated carbocycles. The van der Waals surface area contributed by atoms with Gasteiger partial charge in [0.25, 0.3) is 0 Å². The van der Waals surface area contributed by atoms with Gasteiger partial charge >= 0.3 is 0 Å². The van der Waals surface area contributed by atoms with Crippen LogP contribution in [0.5, 0.6) is 0 Å². The third-order valence-electron chi connectivity index (χ3n) is 0.399. The fraction of sp³-hybridized carbons (Fsp3) is 0. The SMILES string of the molecule is C=CC=NC=NC=P. The molecule has 42 valence electrons. The van der Waals surface area contributed by atoms with Gasteiger partial charge in [0, 0.05) is 12.1 Å². The van der Waals surface area contributed by atoms with Gasteiger partial charge in [0.1, 0.15) is 6.34 Å². The first kappa shape index (κ1) is 7.25. The summed E-state index contributed by atoms with van der Waals surface area (Å²) >= 11 is 0. The number of allylic oxidation sites excluding steroid dienone is 1. The summed E-state index contributed by atoms with van der Waals surface area (Å²) in [5.41, 5.74) is 0. The Morgan fingerprint density at radius 1 is 1.38 bits per heavy atom. The standard InChI is InChI=1S/C5H7N2P/c1-2-3-6-4-7-5-8/h2-5,8H,1H2. The Hall–Kier alpha value is -0.750. The molecule has 0 rings (SSSR count). The van der Waals surface area contributed by atoms with E-state index in [1.54, 1.807) is 12.3 Å². The molecule has 0 fully saturated rings. The highest BCUT2D eigenvalue weighted by Gasteiger charge is 1.55. The molecule has 0 aromatic heterocycles. The molecule has 3 heteroatoms. The lowest BCUT2D eigenvalue weighted by atomic mass is 10.7. The van der Waals surface area contributed by atoms with Crippen LogP contribution in [-0.2, 0) is 0 Å². The summed E-state index contributed by atoms with van der Waals surface area (Å²) in [5, 5.41) is 0. The van der Waals surface area contributed by atoms with Gasteiger partial charge in [-0.3, -0.25) is 0 Å². The molecular formula is C5H7N2P. The van der Waals surface area contributed by atoms with Crippen molar-refractivity contribution in [1.82, 2.24) is 0 Å². The largest absolute Gasteiger partial charge is 0.245 e. The molecule has 0 N–H and O–H groups in total. The van der Waals surface area contributed by atoms with E-state index in [-0.39, 0.29) is 0 Å². The second-order valence-corrected chi connectivity index (χ2v) is 1.19. The highest BCUT2D eigenvalue weighted by atomic mass is 31.0. The van der Waals surface area contributed by atoms with E-state index in [1.165, 1.54) is 12.3 Å². The van der Waals surface area contributed by atoms with Crippen LogP contribution < -0.4 is 0 Å². The Labute approximate surface area is 50.9 Å². The van der Waals surface area contributed by atoms with Crippen molar-refractivity contribution in [2.45, 2.75) is 0 Å². The van der Waals surface area contributed by atoms with Crippen molar-refractivity contribution in [1.29, 1.82) is 0 Å². The quantitative estimate of drug-likeness (QED) is 0.308. The first-order valence-corrected chi connectivity index (χ1v) is 2.64. The van der Waals surface area contributed by atoms with Crippen molar-refractivity contribution in [3.63, 3.8) is 0 Å². The van der Waals surface area contributed by atoms with Crippen molar-refractivity contribution in [2.75, 3.05) is 0 Å². The predicted octanol–water partition coefficient (Wildman–Crippen LogP) is 1.17. The molecule has 0 aliphatic rings. The van der Waals surface area contributed by atoms with E-state index in [4.69, 9.17) is 0 Å². The molecule has 0 saturated heterocycles. The fourth-order valence-corrected chi connectivity index (χ4v) is 0.238. The molecule has 0 bridgehead atoms. The number of nitrogens with zero attached hydrogens (tertiary/aromatic N) is 2.